The number of unbranched alkanes of at least 4 members (excludes halogenated alkanes) is 18. The molecule has 0 aliphatic carbocycles. The number of esters is 3. The molecule has 16 nitrogen and oxygen atoms in total. The molecule has 0 aliphatic rings. The molecule has 0 rings (SSSR count). The quantitative estimate of drug-likeness (QED) is 0.0146. The number of phosphoric ester groups is 2. The van der Waals surface area contributed by atoms with Crippen molar-refractivity contribution in [3.05, 3.63) is 146 Å². The van der Waals surface area contributed by atoms with E-state index in [1.807, 2.05) is 0 Å². The molecule has 0 fully saturated rings. The Kier molecular flexibility index (Phi) is 64.1. The lowest BCUT2D eigenvalue weighted by Crippen LogP contribution is -2.30. The summed E-state index contributed by atoms with van der Waals surface area (Å²) >= 11 is 0. The van der Waals surface area contributed by atoms with Crippen molar-refractivity contribution in [2.45, 2.75) is 270 Å². The molecule has 0 saturated carbocycles. The number of rotatable bonds is 65. The van der Waals surface area contributed by atoms with Crippen LogP contribution in [-0.2, 0) is 55.8 Å². The van der Waals surface area contributed by atoms with E-state index in [4.69, 9.17) is 32.3 Å². The lowest BCUT2D eigenvalue weighted by molar-refractivity contribution is -0.161. The van der Waals surface area contributed by atoms with Crippen LogP contribution in [0.2, 0.25) is 0 Å². The fourth-order valence-corrected chi connectivity index (χ4v) is 10.3. The minimum absolute atomic E-state index is 0.0784. The van der Waals surface area contributed by atoms with Gasteiger partial charge in [-0.2, -0.15) is 0 Å². The normalized spacial score (nSPS) is 15.0. The van der Waals surface area contributed by atoms with Crippen LogP contribution in [0.3, 0.4) is 0 Å². The van der Waals surface area contributed by atoms with Crippen molar-refractivity contribution in [1.82, 2.24) is 0 Å². The summed E-state index contributed by atoms with van der Waals surface area (Å²) in [5, 5.41) is 20.6. The van der Waals surface area contributed by atoms with Gasteiger partial charge in [-0.3, -0.25) is 32.5 Å². The van der Waals surface area contributed by atoms with Gasteiger partial charge in [-0.25, -0.2) is 9.13 Å². The molecule has 530 valence electrons. The Morgan fingerprint density at radius 1 is 0.312 bits per heavy atom. The van der Waals surface area contributed by atoms with Crippen molar-refractivity contribution in [3.63, 3.8) is 0 Å². The second-order valence-corrected chi connectivity index (χ2v) is 25.8. The molecule has 4 N–H and O–H groups in total. The zero-order chi connectivity index (χ0) is 68.1. The van der Waals surface area contributed by atoms with E-state index in [0.717, 1.165) is 173 Å². The topological polar surface area (TPSA) is 231 Å². The van der Waals surface area contributed by atoms with Gasteiger partial charge in [0.25, 0.3) is 0 Å². The van der Waals surface area contributed by atoms with Gasteiger partial charge in [0.2, 0.25) is 0 Å². The van der Waals surface area contributed by atoms with Crippen LogP contribution in [0.1, 0.15) is 252 Å². The van der Waals surface area contributed by atoms with Gasteiger partial charge in [0.05, 0.1) is 26.4 Å². The van der Waals surface area contributed by atoms with E-state index >= 15 is 0 Å². The molecule has 0 aliphatic heterocycles. The minimum atomic E-state index is -4.94. The molecule has 0 radical (unpaired) electrons. The fourth-order valence-electron chi connectivity index (χ4n) is 8.72. The zero-order valence-corrected chi connectivity index (χ0v) is 59.2. The Bertz CT molecular complexity index is 2280. The summed E-state index contributed by atoms with van der Waals surface area (Å²) in [4.78, 5) is 58.4. The molecule has 0 heterocycles. The summed E-state index contributed by atoms with van der Waals surface area (Å²) in [6, 6.07) is 0. The summed E-state index contributed by atoms with van der Waals surface area (Å²) in [7, 11) is -9.80. The van der Waals surface area contributed by atoms with Crippen LogP contribution >= 0.6 is 15.6 Å². The van der Waals surface area contributed by atoms with Gasteiger partial charge >= 0.3 is 33.6 Å². The molecule has 0 bridgehead atoms. The highest BCUT2D eigenvalue weighted by Crippen LogP contribution is 2.45. The van der Waals surface area contributed by atoms with Crippen molar-refractivity contribution in [2.75, 3.05) is 39.6 Å². The van der Waals surface area contributed by atoms with Crippen LogP contribution in [0.4, 0.5) is 0 Å². The van der Waals surface area contributed by atoms with E-state index in [0.29, 0.717) is 19.3 Å². The highest BCUT2D eigenvalue weighted by molar-refractivity contribution is 7.47. The van der Waals surface area contributed by atoms with Crippen LogP contribution in [0.15, 0.2) is 146 Å². The summed E-state index contributed by atoms with van der Waals surface area (Å²) < 4.78 is 60.8. The average Bonchev–Trinajstić information content (AvgIpc) is 2.77. The smallest absolute Gasteiger partial charge is 0.463 e. The van der Waals surface area contributed by atoms with Crippen molar-refractivity contribution in [3.8, 4) is 0 Å². The van der Waals surface area contributed by atoms with Crippen molar-refractivity contribution in [1.29, 1.82) is 0 Å². The molecule has 0 amide bonds. The summed E-state index contributed by atoms with van der Waals surface area (Å²) in [6.07, 6.45) is 80.5. The van der Waals surface area contributed by atoms with Gasteiger partial charge in [-0.15, -0.1) is 0 Å². The molecule has 0 aromatic rings. The van der Waals surface area contributed by atoms with E-state index < -0.39 is 91.5 Å². The largest absolute Gasteiger partial charge is 0.472 e. The van der Waals surface area contributed by atoms with E-state index in [2.05, 4.69) is 167 Å². The molecule has 0 aromatic heterocycles. The third kappa shape index (κ3) is 68.6. The van der Waals surface area contributed by atoms with Crippen LogP contribution in [0, 0.1) is 0 Å². The fraction of sp³-hybridized carbons (Fsp3) is 0.640. The van der Waals surface area contributed by atoms with E-state index in [1.165, 1.54) is 19.3 Å². The number of aliphatic hydroxyl groups is 2. The first-order valence-corrected chi connectivity index (χ1v) is 38.1. The molecule has 5 unspecified atom stereocenters. The van der Waals surface area contributed by atoms with Gasteiger partial charge in [-0.05, 0) is 135 Å². The predicted molar refractivity (Wildman–Crippen MR) is 380 cm³/mol. The highest BCUT2D eigenvalue weighted by atomic mass is 31.2. The second-order valence-electron chi connectivity index (χ2n) is 22.9. The molecular weight excluding hydrogens is 1220 g/mol. The van der Waals surface area contributed by atoms with Crippen LogP contribution in [0.5, 0.6) is 0 Å². The molecule has 0 aromatic carbocycles. The Balaban J connectivity index is 4.57. The standard InChI is InChI=1S/C75H124O16P2/c1-4-7-10-13-16-19-22-25-27-29-30-31-32-33-34-35-36-37-38-40-42-44-46-49-52-55-58-61-73(78)85-64-70(76)65-87-92(81,82)88-66-71(77)67-89-93(83,84)90-69-72(91-75(80)63-60-57-54-51-48-43-24-21-18-15-12-9-6-3)68-86-74(79)62-59-56-53-50-47-45-41-39-28-26-23-20-17-14-11-8-5-2/h7-8,10-12,15-17,19-21,24-28,30-31,33-34,36-37,41,45,70-72,76-77H,4-6,9,13-14,18,22-23,29,32,35,38-40,42-44,46-69H2,1-3H3,(H,81,82)(H,83,84)/b10-7-,11-8-,15-12-,19-16-,20-17-,24-21-,27-25-,28-26-,31-30-,34-33-,37-36-,45-41-. The van der Waals surface area contributed by atoms with Crippen molar-refractivity contribution < 1.29 is 75.8 Å². The third-order valence-corrected chi connectivity index (χ3v) is 15.9. The van der Waals surface area contributed by atoms with Gasteiger partial charge in [0.1, 0.15) is 25.4 Å². The maximum Gasteiger partial charge on any atom is 0.472 e. The molecular formula is C75H124O16P2. The number of hydrogen-bond donors (Lipinski definition) is 4. The Morgan fingerprint density at radius 3 is 0.903 bits per heavy atom. The molecule has 0 saturated heterocycles. The maximum absolute atomic E-state index is 12.9. The maximum atomic E-state index is 12.9. The Morgan fingerprint density at radius 2 is 0.570 bits per heavy atom. The van der Waals surface area contributed by atoms with Crippen LogP contribution in [-0.4, -0.2) is 95.9 Å². The predicted octanol–water partition coefficient (Wildman–Crippen LogP) is 19.8. The first-order valence-electron chi connectivity index (χ1n) is 35.1. The van der Waals surface area contributed by atoms with Gasteiger partial charge < -0.3 is 34.2 Å². The lowest BCUT2D eigenvalue weighted by atomic mass is 10.1. The Labute approximate surface area is 562 Å². The van der Waals surface area contributed by atoms with Crippen molar-refractivity contribution in [2.24, 2.45) is 0 Å². The summed E-state index contributed by atoms with van der Waals surface area (Å²) in [6.45, 7) is 2.30. The van der Waals surface area contributed by atoms with E-state index in [1.54, 1.807) is 0 Å². The number of allylic oxidation sites excluding steroid dienone is 24. The molecule has 93 heavy (non-hydrogen) atoms. The van der Waals surface area contributed by atoms with E-state index in [-0.39, 0.29) is 19.3 Å². The molecule has 5 atom stereocenters. The first kappa shape index (κ1) is 88.4. The highest BCUT2D eigenvalue weighted by Gasteiger charge is 2.29. The van der Waals surface area contributed by atoms with Crippen LogP contribution in [0.25, 0.3) is 0 Å². The van der Waals surface area contributed by atoms with Crippen LogP contribution < -0.4 is 0 Å². The number of aliphatic hydroxyl groups excluding tert-OH is 2. The zero-order valence-electron chi connectivity index (χ0n) is 57.4. The minimum Gasteiger partial charge on any atom is -0.463 e. The number of carbonyl (C=O) groups is 3. The third-order valence-electron chi connectivity index (χ3n) is 14.0. The summed E-state index contributed by atoms with van der Waals surface area (Å²) in [5.41, 5.74) is 0. The van der Waals surface area contributed by atoms with Crippen molar-refractivity contribution >= 4 is 33.6 Å². The number of hydrogen-bond acceptors (Lipinski definition) is 14. The first-order chi connectivity index (χ1) is 45.2. The van der Waals surface area contributed by atoms with Gasteiger partial charge in [-0.1, -0.05) is 244 Å². The molecule has 0 spiro atoms. The number of carbonyl (C=O) groups excluding carboxylic acids is 3. The Hall–Kier alpha value is -4.57. The van der Waals surface area contributed by atoms with E-state index in [9.17, 15) is 43.5 Å². The number of phosphoric acid groups is 2. The SMILES string of the molecule is CC/C=C\C/C=C\C/C=C\C/C=C\C/C=C\C/C=C\CCCCCCCCCCC(=O)OCC(O)COP(=O)(O)OCC(O)COP(=O)(O)OCC(COC(=O)CCCCCC/C=C\C/C=C\C/C=C\C/C=C\CC)OC(=O)CCCCCCC/C=C\C/C=C\CCC. The molecule has 18 heteroatoms. The monoisotopic (exact) mass is 1340 g/mol. The lowest BCUT2D eigenvalue weighted by Gasteiger charge is -2.21. The second kappa shape index (κ2) is 67.4. The summed E-state index contributed by atoms with van der Waals surface area (Å²) in [5.74, 6) is -1.64. The van der Waals surface area contributed by atoms with Gasteiger partial charge in [0, 0.05) is 19.3 Å². The van der Waals surface area contributed by atoms with Gasteiger partial charge in [0.15, 0.2) is 6.10 Å². The number of ether oxygens (including phenoxy) is 3. The average molecular weight is 1340 g/mol.